The number of guanidine groups is 1. The van der Waals surface area contributed by atoms with Crippen molar-refractivity contribution in [3.8, 4) is 0 Å². The second kappa shape index (κ2) is 4.33. The Morgan fingerprint density at radius 3 is 2.83 bits per heavy atom. The molecule has 12 heavy (non-hydrogen) atoms. The predicted octanol–water partition coefficient (Wildman–Crippen LogP) is 1.10. The first-order valence-corrected chi connectivity index (χ1v) is 4.78. The minimum Gasteiger partial charge on any atom is -0.370 e. The lowest BCUT2D eigenvalue weighted by atomic mass is 10.1. The number of nitrogens with one attached hydrogen (secondary N) is 1. The SMILES string of the molecule is CCC(C)CN=C(N)NC1CC1. The van der Waals surface area contributed by atoms with Gasteiger partial charge in [-0.2, -0.15) is 0 Å². The quantitative estimate of drug-likeness (QED) is 0.489. The van der Waals surface area contributed by atoms with Crippen LogP contribution < -0.4 is 11.1 Å². The molecule has 3 heteroatoms. The van der Waals surface area contributed by atoms with E-state index in [1.807, 2.05) is 0 Å². The molecule has 1 aliphatic carbocycles. The standard InChI is InChI=1S/C9H19N3/c1-3-7(2)6-11-9(10)12-8-4-5-8/h7-8H,3-6H2,1-2H3,(H3,10,11,12). The van der Waals surface area contributed by atoms with Crippen LogP contribution in [-0.2, 0) is 0 Å². The lowest BCUT2D eigenvalue weighted by Gasteiger charge is -2.06. The van der Waals surface area contributed by atoms with Gasteiger partial charge in [0.25, 0.3) is 0 Å². The monoisotopic (exact) mass is 169 g/mol. The van der Waals surface area contributed by atoms with Crippen LogP contribution in [0, 0.1) is 5.92 Å². The summed E-state index contributed by atoms with van der Waals surface area (Å²) in [6.45, 7) is 5.21. The highest BCUT2D eigenvalue weighted by Crippen LogP contribution is 2.17. The second-order valence-corrected chi connectivity index (χ2v) is 3.66. The maximum atomic E-state index is 5.66. The maximum Gasteiger partial charge on any atom is 0.188 e. The summed E-state index contributed by atoms with van der Waals surface area (Å²) in [5, 5.41) is 3.16. The summed E-state index contributed by atoms with van der Waals surface area (Å²) in [4.78, 5) is 4.26. The van der Waals surface area contributed by atoms with Gasteiger partial charge in [0.15, 0.2) is 5.96 Å². The van der Waals surface area contributed by atoms with Gasteiger partial charge in [-0.15, -0.1) is 0 Å². The fourth-order valence-corrected chi connectivity index (χ4v) is 0.866. The number of hydrogen-bond donors (Lipinski definition) is 2. The van der Waals surface area contributed by atoms with Crippen molar-refractivity contribution in [2.24, 2.45) is 16.6 Å². The molecule has 0 bridgehead atoms. The summed E-state index contributed by atoms with van der Waals surface area (Å²) < 4.78 is 0. The van der Waals surface area contributed by atoms with Gasteiger partial charge in [-0.25, -0.2) is 0 Å². The number of nitrogens with two attached hydrogens (primary N) is 1. The fraction of sp³-hybridized carbons (Fsp3) is 0.889. The van der Waals surface area contributed by atoms with Gasteiger partial charge in [0, 0.05) is 12.6 Å². The average Bonchev–Trinajstić information content (AvgIpc) is 2.84. The summed E-state index contributed by atoms with van der Waals surface area (Å²) >= 11 is 0. The summed E-state index contributed by atoms with van der Waals surface area (Å²) in [7, 11) is 0. The first-order chi connectivity index (χ1) is 5.72. The molecule has 3 N–H and O–H groups in total. The summed E-state index contributed by atoms with van der Waals surface area (Å²) in [6.07, 6.45) is 3.67. The van der Waals surface area contributed by atoms with Crippen molar-refractivity contribution in [1.82, 2.24) is 5.32 Å². The topological polar surface area (TPSA) is 50.4 Å². The van der Waals surface area contributed by atoms with E-state index in [9.17, 15) is 0 Å². The molecule has 0 aliphatic heterocycles. The van der Waals surface area contributed by atoms with Crippen LogP contribution in [0.5, 0.6) is 0 Å². The first-order valence-electron chi connectivity index (χ1n) is 4.78. The molecule has 0 amide bonds. The van der Waals surface area contributed by atoms with Crippen molar-refractivity contribution in [3.05, 3.63) is 0 Å². The Morgan fingerprint density at radius 2 is 2.33 bits per heavy atom. The van der Waals surface area contributed by atoms with Crippen LogP contribution in [0.1, 0.15) is 33.1 Å². The van der Waals surface area contributed by atoms with E-state index < -0.39 is 0 Å². The minimum atomic E-state index is 0.616. The molecular weight excluding hydrogens is 150 g/mol. The predicted molar refractivity (Wildman–Crippen MR) is 52.1 cm³/mol. The molecule has 0 spiro atoms. The van der Waals surface area contributed by atoms with E-state index in [-0.39, 0.29) is 0 Å². The minimum absolute atomic E-state index is 0.616. The Bertz CT molecular complexity index is 161. The Hall–Kier alpha value is -0.730. The zero-order chi connectivity index (χ0) is 8.97. The van der Waals surface area contributed by atoms with Gasteiger partial charge in [-0.1, -0.05) is 20.3 Å². The van der Waals surface area contributed by atoms with Gasteiger partial charge in [-0.05, 0) is 18.8 Å². The molecule has 0 radical (unpaired) electrons. The molecule has 1 rings (SSSR count). The van der Waals surface area contributed by atoms with Crippen molar-refractivity contribution in [3.63, 3.8) is 0 Å². The second-order valence-electron chi connectivity index (χ2n) is 3.66. The number of nitrogens with zero attached hydrogens (tertiary/aromatic N) is 1. The molecule has 0 heterocycles. The van der Waals surface area contributed by atoms with Crippen LogP contribution in [-0.4, -0.2) is 18.5 Å². The Balaban J connectivity index is 2.14. The highest BCUT2D eigenvalue weighted by Gasteiger charge is 2.21. The third kappa shape index (κ3) is 3.60. The van der Waals surface area contributed by atoms with E-state index in [2.05, 4.69) is 24.2 Å². The molecule has 0 aromatic heterocycles. The molecule has 1 fully saturated rings. The Labute approximate surface area is 74.4 Å². The smallest absolute Gasteiger partial charge is 0.188 e. The van der Waals surface area contributed by atoms with Gasteiger partial charge >= 0.3 is 0 Å². The van der Waals surface area contributed by atoms with Crippen molar-refractivity contribution in [2.45, 2.75) is 39.2 Å². The summed E-state index contributed by atoms with van der Waals surface area (Å²) in [5.74, 6) is 1.27. The van der Waals surface area contributed by atoms with E-state index in [1.54, 1.807) is 0 Å². The van der Waals surface area contributed by atoms with Crippen molar-refractivity contribution < 1.29 is 0 Å². The normalized spacial score (nSPS) is 20.7. The third-order valence-electron chi connectivity index (χ3n) is 2.20. The van der Waals surface area contributed by atoms with E-state index in [4.69, 9.17) is 5.73 Å². The molecule has 1 saturated carbocycles. The van der Waals surface area contributed by atoms with Crippen molar-refractivity contribution in [1.29, 1.82) is 0 Å². The van der Waals surface area contributed by atoms with E-state index in [0.717, 1.165) is 6.54 Å². The summed E-state index contributed by atoms with van der Waals surface area (Å²) in [6, 6.07) is 0.616. The van der Waals surface area contributed by atoms with Crippen LogP contribution in [0.2, 0.25) is 0 Å². The molecule has 1 atom stereocenters. The molecule has 3 nitrogen and oxygen atoms in total. The van der Waals surface area contributed by atoms with Crippen LogP contribution >= 0.6 is 0 Å². The van der Waals surface area contributed by atoms with Crippen LogP contribution in [0.25, 0.3) is 0 Å². The van der Waals surface area contributed by atoms with Crippen LogP contribution in [0.15, 0.2) is 4.99 Å². The van der Waals surface area contributed by atoms with Gasteiger partial charge < -0.3 is 11.1 Å². The molecule has 0 saturated heterocycles. The van der Waals surface area contributed by atoms with Crippen molar-refractivity contribution >= 4 is 5.96 Å². The number of aliphatic imine (C=N–C) groups is 1. The molecule has 0 aromatic rings. The van der Waals surface area contributed by atoms with E-state index in [0.29, 0.717) is 17.9 Å². The zero-order valence-corrected chi connectivity index (χ0v) is 8.01. The van der Waals surface area contributed by atoms with Crippen LogP contribution in [0.4, 0.5) is 0 Å². The van der Waals surface area contributed by atoms with Gasteiger partial charge in [0.1, 0.15) is 0 Å². The molecule has 0 aromatic carbocycles. The van der Waals surface area contributed by atoms with Gasteiger partial charge in [0.05, 0.1) is 0 Å². The first kappa shape index (κ1) is 9.36. The van der Waals surface area contributed by atoms with Gasteiger partial charge in [-0.3, -0.25) is 4.99 Å². The van der Waals surface area contributed by atoms with E-state index in [1.165, 1.54) is 19.3 Å². The zero-order valence-electron chi connectivity index (χ0n) is 8.01. The molecule has 1 unspecified atom stereocenters. The Morgan fingerprint density at radius 1 is 1.67 bits per heavy atom. The Kier molecular flexibility index (Phi) is 3.38. The third-order valence-corrected chi connectivity index (χ3v) is 2.20. The largest absolute Gasteiger partial charge is 0.370 e. The molecular formula is C9H19N3. The van der Waals surface area contributed by atoms with Crippen molar-refractivity contribution in [2.75, 3.05) is 6.54 Å². The van der Waals surface area contributed by atoms with Crippen LogP contribution in [0.3, 0.4) is 0 Å². The lowest BCUT2D eigenvalue weighted by molar-refractivity contribution is 0.575. The van der Waals surface area contributed by atoms with Gasteiger partial charge in [0.2, 0.25) is 0 Å². The van der Waals surface area contributed by atoms with E-state index >= 15 is 0 Å². The maximum absolute atomic E-state index is 5.66. The lowest BCUT2D eigenvalue weighted by Crippen LogP contribution is -2.33. The number of hydrogen-bond acceptors (Lipinski definition) is 1. The fourth-order valence-electron chi connectivity index (χ4n) is 0.866. The highest BCUT2D eigenvalue weighted by molar-refractivity contribution is 5.78. The summed E-state index contributed by atoms with van der Waals surface area (Å²) in [5.41, 5.74) is 5.66. The average molecular weight is 169 g/mol. The molecule has 1 aliphatic rings. The number of rotatable bonds is 4. The molecule has 70 valence electrons. The highest BCUT2D eigenvalue weighted by atomic mass is 15.1.